The number of thiophene rings is 1. The maximum Gasteiger partial charge on any atom is 0.0555 e. The van der Waals surface area contributed by atoms with E-state index < -0.39 is 0 Å². The maximum atomic E-state index is 3.15. The molecule has 0 saturated heterocycles. The summed E-state index contributed by atoms with van der Waals surface area (Å²) in [4.78, 5) is 4.45. The average molecular weight is 149 g/mol. The molecule has 0 spiro atoms. The summed E-state index contributed by atoms with van der Waals surface area (Å²) < 4.78 is 0. The lowest BCUT2D eigenvalue weighted by molar-refractivity contribution is 1.42. The van der Waals surface area contributed by atoms with Gasteiger partial charge in [0.25, 0.3) is 0 Å². The van der Waals surface area contributed by atoms with Gasteiger partial charge in [0.05, 0.1) is 10.6 Å². The topological polar surface area (TPSA) is 15.8 Å². The zero-order chi connectivity index (χ0) is 6.81. The van der Waals surface area contributed by atoms with Crippen LogP contribution in [0, 0.1) is 0 Å². The molecule has 0 atom stereocenters. The van der Waals surface area contributed by atoms with Crippen molar-refractivity contribution in [3.05, 3.63) is 35.8 Å². The summed E-state index contributed by atoms with van der Waals surface area (Å²) in [5, 5.41) is 2.08. The molecule has 2 heterocycles. The van der Waals surface area contributed by atoms with Crippen LogP contribution >= 0.6 is 11.3 Å². The van der Waals surface area contributed by atoms with Crippen molar-refractivity contribution < 1.29 is 0 Å². The molecule has 0 aliphatic rings. The second-order valence-corrected chi connectivity index (χ2v) is 3.01. The molecule has 0 aliphatic heterocycles. The summed E-state index contributed by atoms with van der Waals surface area (Å²) in [5.41, 5.74) is 1.20. The zero-order valence-corrected chi connectivity index (χ0v) is 6.19. The first kappa shape index (κ1) is 5.74. The van der Waals surface area contributed by atoms with Crippen molar-refractivity contribution >= 4 is 11.3 Å². The monoisotopic (exact) mass is 149 g/mol. The van der Waals surface area contributed by atoms with Crippen LogP contribution in [0.15, 0.2) is 35.8 Å². The van der Waals surface area contributed by atoms with Crippen LogP contribution in [0.3, 0.4) is 0 Å². The molecule has 2 aromatic rings. The van der Waals surface area contributed by atoms with E-state index in [-0.39, 0.29) is 0 Å². The third-order valence-electron chi connectivity index (χ3n) is 1.38. The van der Waals surface area contributed by atoms with E-state index in [0.717, 1.165) is 0 Å². The van der Waals surface area contributed by atoms with Crippen LogP contribution < -0.4 is 0 Å². The Morgan fingerprint density at radius 2 is 2.20 bits per heavy atom. The quantitative estimate of drug-likeness (QED) is 0.641. The van der Waals surface area contributed by atoms with Gasteiger partial charge < -0.3 is 4.98 Å². The van der Waals surface area contributed by atoms with E-state index in [4.69, 9.17) is 0 Å². The molecule has 2 rings (SSSR count). The molecule has 0 amide bonds. The fraction of sp³-hybridized carbons (Fsp3) is 0. The summed E-state index contributed by atoms with van der Waals surface area (Å²) in [7, 11) is 0. The summed E-state index contributed by atoms with van der Waals surface area (Å²) in [6.45, 7) is 0. The Morgan fingerprint density at radius 1 is 1.20 bits per heavy atom. The second-order valence-electron chi connectivity index (χ2n) is 2.06. The lowest BCUT2D eigenvalue weighted by Crippen LogP contribution is -1.65. The first-order valence-corrected chi connectivity index (χ1v) is 4.02. The zero-order valence-electron chi connectivity index (χ0n) is 5.37. The minimum absolute atomic E-state index is 1.20. The molecule has 2 heteroatoms. The summed E-state index contributed by atoms with van der Waals surface area (Å²) in [6.07, 6.45) is 1.94. The van der Waals surface area contributed by atoms with Gasteiger partial charge in [0, 0.05) is 6.20 Å². The first-order valence-electron chi connectivity index (χ1n) is 3.14. The minimum Gasteiger partial charge on any atom is -0.361 e. The van der Waals surface area contributed by atoms with Gasteiger partial charge in [-0.05, 0) is 23.6 Å². The van der Waals surface area contributed by atoms with Crippen LogP contribution in [0.1, 0.15) is 0 Å². The van der Waals surface area contributed by atoms with E-state index in [1.54, 1.807) is 11.3 Å². The first-order chi connectivity index (χ1) is 4.97. The third-order valence-corrected chi connectivity index (χ3v) is 2.29. The van der Waals surface area contributed by atoms with E-state index in [0.29, 0.717) is 0 Å². The number of hydrogen-bond acceptors (Lipinski definition) is 1. The van der Waals surface area contributed by atoms with Gasteiger partial charge in [-0.3, -0.25) is 0 Å². The van der Waals surface area contributed by atoms with Gasteiger partial charge in [0.15, 0.2) is 0 Å². The van der Waals surface area contributed by atoms with E-state index in [9.17, 15) is 0 Å². The molecule has 0 unspecified atom stereocenters. The van der Waals surface area contributed by atoms with Crippen molar-refractivity contribution in [2.75, 3.05) is 0 Å². The van der Waals surface area contributed by atoms with Crippen LogP contribution in [-0.4, -0.2) is 4.98 Å². The normalized spacial score (nSPS) is 10.0. The number of aromatic nitrogens is 1. The fourth-order valence-electron chi connectivity index (χ4n) is 0.915. The summed E-state index contributed by atoms with van der Waals surface area (Å²) in [6, 6.07) is 8.25. The molecule has 0 fully saturated rings. The molecule has 0 aromatic carbocycles. The second kappa shape index (κ2) is 2.31. The van der Waals surface area contributed by atoms with Gasteiger partial charge in [0.2, 0.25) is 0 Å². The molecule has 2 aromatic heterocycles. The van der Waals surface area contributed by atoms with Gasteiger partial charge in [-0.2, -0.15) is 0 Å². The highest BCUT2D eigenvalue weighted by Gasteiger charge is 1.95. The molecule has 10 heavy (non-hydrogen) atoms. The van der Waals surface area contributed by atoms with Crippen molar-refractivity contribution in [1.29, 1.82) is 0 Å². The lowest BCUT2D eigenvalue weighted by Gasteiger charge is -1.86. The largest absolute Gasteiger partial charge is 0.361 e. The Kier molecular flexibility index (Phi) is 1.32. The predicted octanol–water partition coefficient (Wildman–Crippen LogP) is 2.74. The van der Waals surface area contributed by atoms with Crippen molar-refractivity contribution in [3.63, 3.8) is 0 Å². The van der Waals surface area contributed by atoms with E-state index in [1.807, 2.05) is 12.3 Å². The molecular weight excluding hydrogens is 142 g/mol. The summed E-state index contributed by atoms with van der Waals surface area (Å²) >= 11 is 1.75. The van der Waals surface area contributed by atoms with Crippen molar-refractivity contribution in [3.8, 4) is 10.6 Å². The van der Waals surface area contributed by atoms with Crippen molar-refractivity contribution in [2.24, 2.45) is 0 Å². The predicted molar refractivity (Wildman–Crippen MR) is 44.1 cm³/mol. The van der Waals surface area contributed by atoms with Gasteiger partial charge in [-0.15, -0.1) is 11.3 Å². The number of nitrogens with one attached hydrogen (secondary N) is 1. The molecule has 0 radical (unpaired) electrons. The summed E-state index contributed by atoms with van der Waals surface area (Å²) in [5.74, 6) is 0. The molecule has 0 bridgehead atoms. The lowest BCUT2D eigenvalue weighted by atomic mass is 10.3. The number of rotatable bonds is 1. The average Bonchev–Trinajstić information content (AvgIpc) is 2.59. The standard InChI is InChI=1S/C8H7NS/c1-3-7(9-5-1)8-4-2-6-10-8/h1-6,9H. The molecule has 1 N–H and O–H groups in total. The Bertz CT molecular complexity index is 249. The third kappa shape index (κ3) is 0.866. The minimum atomic E-state index is 1.20. The Morgan fingerprint density at radius 3 is 2.80 bits per heavy atom. The molecule has 50 valence electrons. The maximum absolute atomic E-state index is 3.15. The van der Waals surface area contributed by atoms with E-state index in [1.165, 1.54) is 10.6 Å². The fourth-order valence-corrected chi connectivity index (χ4v) is 1.63. The van der Waals surface area contributed by atoms with Crippen molar-refractivity contribution in [1.82, 2.24) is 4.98 Å². The highest BCUT2D eigenvalue weighted by Crippen LogP contribution is 2.21. The highest BCUT2D eigenvalue weighted by atomic mass is 32.1. The number of aromatic amines is 1. The van der Waals surface area contributed by atoms with Crippen LogP contribution in [0.2, 0.25) is 0 Å². The Hall–Kier alpha value is -1.02. The van der Waals surface area contributed by atoms with Gasteiger partial charge in [0.1, 0.15) is 0 Å². The number of H-pyrrole nitrogens is 1. The van der Waals surface area contributed by atoms with Gasteiger partial charge >= 0.3 is 0 Å². The van der Waals surface area contributed by atoms with Crippen LogP contribution in [-0.2, 0) is 0 Å². The van der Waals surface area contributed by atoms with Gasteiger partial charge in [-0.25, -0.2) is 0 Å². The molecular formula is C8H7NS. The Labute approximate surface area is 63.3 Å². The van der Waals surface area contributed by atoms with E-state index in [2.05, 4.69) is 28.6 Å². The Balaban J connectivity index is 2.48. The SMILES string of the molecule is c1c[nH]c(-c2cccs2)c1. The van der Waals surface area contributed by atoms with Crippen molar-refractivity contribution in [2.45, 2.75) is 0 Å². The van der Waals surface area contributed by atoms with Gasteiger partial charge in [-0.1, -0.05) is 6.07 Å². The smallest absolute Gasteiger partial charge is 0.0555 e. The highest BCUT2D eigenvalue weighted by molar-refractivity contribution is 7.13. The molecule has 0 saturated carbocycles. The molecule has 0 aliphatic carbocycles. The van der Waals surface area contributed by atoms with E-state index >= 15 is 0 Å². The van der Waals surface area contributed by atoms with Crippen LogP contribution in [0.4, 0.5) is 0 Å². The molecule has 1 nitrogen and oxygen atoms in total. The van der Waals surface area contributed by atoms with Crippen LogP contribution in [0.5, 0.6) is 0 Å². The number of hydrogen-bond donors (Lipinski definition) is 1. The van der Waals surface area contributed by atoms with Crippen LogP contribution in [0.25, 0.3) is 10.6 Å².